The van der Waals surface area contributed by atoms with Gasteiger partial charge in [-0.05, 0) is 31.9 Å². The Morgan fingerprint density at radius 1 is 1.43 bits per heavy atom. The molecule has 2 rings (SSSR count). The largest absolute Gasteiger partial charge is 0.573 e. The lowest BCUT2D eigenvalue weighted by Crippen LogP contribution is -2.25. The molecule has 2 atom stereocenters. The zero-order valence-electron chi connectivity index (χ0n) is 11.5. The predicted octanol–water partition coefficient (Wildman–Crippen LogP) is 2.93. The lowest BCUT2D eigenvalue weighted by atomic mass is 10.0. The maximum atomic E-state index is 13.1. The highest BCUT2D eigenvalue weighted by atomic mass is 19.4. The van der Waals surface area contributed by atoms with E-state index in [1.165, 1.54) is 6.07 Å². The van der Waals surface area contributed by atoms with Crippen molar-refractivity contribution in [1.29, 1.82) is 0 Å². The van der Waals surface area contributed by atoms with Crippen LogP contribution in [0, 0.1) is 11.7 Å². The van der Waals surface area contributed by atoms with Crippen LogP contribution in [0.5, 0.6) is 5.75 Å². The number of halogens is 4. The van der Waals surface area contributed by atoms with E-state index in [4.69, 9.17) is 0 Å². The van der Waals surface area contributed by atoms with Crippen molar-refractivity contribution in [1.82, 2.24) is 4.90 Å². The van der Waals surface area contributed by atoms with Gasteiger partial charge in [-0.25, -0.2) is 4.39 Å². The third-order valence-electron chi connectivity index (χ3n) is 3.64. The first kappa shape index (κ1) is 16.0. The van der Waals surface area contributed by atoms with E-state index >= 15 is 0 Å². The summed E-state index contributed by atoms with van der Waals surface area (Å²) >= 11 is 0. The van der Waals surface area contributed by atoms with Crippen LogP contribution in [0.4, 0.5) is 17.6 Å². The van der Waals surface area contributed by atoms with Crippen molar-refractivity contribution in [2.24, 2.45) is 5.92 Å². The quantitative estimate of drug-likeness (QED) is 0.868. The number of hydrogen-bond acceptors (Lipinski definition) is 3. The Morgan fingerprint density at radius 2 is 2.14 bits per heavy atom. The van der Waals surface area contributed by atoms with Gasteiger partial charge in [0.2, 0.25) is 0 Å². The maximum Gasteiger partial charge on any atom is 0.573 e. The summed E-state index contributed by atoms with van der Waals surface area (Å²) in [5, 5.41) is 9.53. The fraction of sp³-hybridized carbons (Fsp3) is 0.571. The molecule has 1 heterocycles. The van der Waals surface area contributed by atoms with Crippen molar-refractivity contribution < 1.29 is 27.4 Å². The van der Waals surface area contributed by atoms with Gasteiger partial charge in [-0.1, -0.05) is 6.07 Å². The molecular weight excluding hydrogens is 290 g/mol. The molecule has 0 aliphatic carbocycles. The number of nitrogens with zero attached hydrogens (tertiary/aromatic N) is 1. The Hall–Kier alpha value is -1.34. The molecule has 0 saturated carbocycles. The van der Waals surface area contributed by atoms with Crippen molar-refractivity contribution in [3.8, 4) is 5.75 Å². The zero-order chi connectivity index (χ0) is 15.6. The fourth-order valence-electron chi connectivity index (χ4n) is 2.52. The highest BCUT2D eigenvalue weighted by molar-refractivity contribution is 5.34. The van der Waals surface area contributed by atoms with Crippen LogP contribution in [0.1, 0.15) is 18.9 Å². The van der Waals surface area contributed by atoms with Gasteiger partial charge in [-0.2, -0.15) is 0 Å². The Kier molecular flexibility index (Phi) is 4.73. The molecule has 118 valence electrons. The van der Waals surface area contributed by atoms with E-state index in [9.17, 15) is 22.7 Å². The van der Waals surface area contributed by atoms with Gasteiger partial charge in [0.05, 0.1) is 6.10 Å². The van der Waals surface area contributed by atoms with Crippen molar-refractivity contribution in [3.05, 3.63) is 29.6 Å². The first-order valence-electron chi connectivity index (χ1n) is 6.69. The number of ether oxygens (including phenoxy) is 1. The number of likely N-dealkylation sites (tertiary alicyclic amines) is 1. The first-order valence-corrected chi connectivity index (χ1v) is 6.69. The minimum atomic E-state index is -4.85. The number of benzene rings is 1. The molecule has 1 aromatic carbocycles. The highest BCUT2D eigenvalue weighted by Gasteiger charge is 2.33. The number of hydrogen-bond donors (Lipinski definition) is 1. The molecule has 2 unspecified atom stereocenters. The molecule has 0 bridgehead atoms. The second-order valence-electron chi connectivity index (χ2n) is 5.32. The summed E-state index contributed by atoms with van der Waals surface area (Å²) in [6, 6.07) is 3.15. The summed E-state index contributed by atoms with van der Waals surface area (Å²) in [5.41, 5.74) is 0.278. The molecular formula is C14H17F4NO2. The first-order chi connectivity index (χ1) is 9.74. The molecule has 1 saturated heterocycles. The lowest BCUT2D eigenvalue weighted by molar-refractivity contribution is -0.275. The summed E-state index contributed by atoms with van der Waals surface area (Å²) in [6.45, 7) is 3.21. The van der Waals surface area contributed by atoms with Gasteiger partial charge in [-0.3, -0.25) is 4.90 Å². The molecule has 1 aliphatic rings. The van der Waals surface area contributed by atoms with Crippen LogP contribution in [0.25, 0.3) is 0 Å². The number of alkyl halides is 3. The lowest BCUT2D eigenvalue weighted by Gasteiger charge is -2.20. The van der Waals surface area contributed by atoms with E-state index in [0.29, 0.717) is 13.1 Å². The molecule has 1 aliphatic heterocycles. The number of aliphatic hydroxyl groups excluding tert-OH is 1. The van der Waals surface area contributed by atoms with E-state index in [2.05, 4.69) is 4.74 Å². The molecule has 0 aromatic heterocycles. The molecule has 0 amide bonds. The molecule has 3 nitrogen and oxygen atoms in total. The monoisotopic (exact) mass is 307 g/mol. The molecule has 1 N–H and O–H groups in total. The smallest absolute Gasteiger partial charge is 0.405 e. The van der Waals surface area contributed by atoms with Gasteiger partial charge >= 0.3 is 6.36 Å². The van der Waals surface area contributed by atoms with E-state index < -0.39 is 24.0 Å². The van der Waals surface area contributed by atoms with Crippen LogP contribution in [-0.4, -0.2) is 35.6 Å². The van der Waals surface area contributed by atoms with Gasteiger partial charge in [0.1, 0.15) is 11.6 Å². The van der Waals surface area contributed by atoms with E-state index in [1.807, 2.05) is 4.90 Å². The Labute approximate surface area is 120 Å². The molecule has 1 aromatic rings. The summed E-state index contributed by atoms with van der Waals surface area (Å²) in [5.74, 6) is -1.18. The number of aliphatic hydroxyl groups is 1. The van der Waals surface area contributed by atoms with Gasteiger partial charge in [0.15, 0.2) is 0 Å². The van der Waals surface area contributed by atoms with Gasteiger partial charge in [-0.15, -0.1) is 13.2 Å². The second-order valence-corrected chi connectivity index (χ2v) is 5.32. The van der Waals surface area contributed by atoms with E-state index in [-0.39, 0.29) is 18.0 Å². The molecule has 0 radical (unpaired) electrons. The van der Waals surface area contributed by atoms with Gasteiger partial charge in [0.25, 0.3) is 0 Å². The zero-order valence-corrected chi connectivity index (χ0v) is 11.5. The van der Waals surface area contributed by atoms with Crippen LogP contribution < -0.4 is 4.74 Å². The van der Waals surface area contributed by atoms with Crippen LogP contribution in [0.15, 0.2) is 18.2 Å². The van der Waals surface area contributed by atoms with Crippen LogP contribution >= 0.6 is 0 Å². The standard InChI is InChI=1S/C14H17F4NO2/c1-9(20)10-4-5-19(7-10)8-11-2-3-12(15)6-13(11)21-14(16,17)18/h2-3,6,9-10,20H,4-5,7-8H2,1H3. The van der Waals surface area contributed by atoms with Crippen molar-refractivity contribution in [2.45, 2.75) is 32.4 Å². The third-order valence-corrected chi connectivity index (χ3v) is 3.64. The summed E-state index contributed by atoms with van der Waals surface area (Å²) in [4.78, 5) is 1.92. The normalized spacial score (nSPS) is 21.5. The Bertz CT molecular complexity index is 490. The predicted molar refractivity (Wildman–Crippen MR) is 68.1 cm³/mol. The average Bonchev–Trinajstić information content (AvgIpc) is 2.79. The van der Waals surface area contributed by atoms with Crippen LogP contribution in [0.2, 0.25) is 0 Å². The van der Waals surface area contributed by atoms with E-state index in [1.54, 1.807) is 6.92 Å². The average molecular weight is 307 g/mol. The molecule has 21 heavy (non-hydrogen) atoms. The van der Waals surface area contributed by atoms with Crippen molar-refractivity contribution in [2.75, 3.05) is 13.1 Å². The van der Waals surface area contributed by atoms with Crippen molar-refractivity contribution >= 4 is 0 Å². The minimum absolute atomic E-state index is 0.109. The second kappa shape index (κ2) is 6.19. The molecule has 7 heteroatoms. The summed E-state index contributed by atoms with van der Waals surface area (Å²) < 4.78 is 54.0. The highest BCUT2D eigenvalue weighted by Crippen LogP contribution is 2.30. The van der Waals surface area contributed by atoms with Crippen LogP contribution in [0.3, 0.4) is 0 Å². The molecule has 0 spiro atoms. The SMILES string of the molecule is CC(O)C1CCN(Cc2ccc(F)cc2OC(F)(F)F)C1. The third kappa shape index (κ3) is 4.57. The van der Waals surface area contributed by atoms with Gasteiger partial charge in [0, 0.05) is 24.7 Å². The Balaban J connectivity index is 2.09. The maximum absolute atomic E-state index is 13.1. The minimum Gasteiger partial charge on any atom is -0.405 e. The van der Waals surface area contributed by atoms with E-state index in [0.717, 1.165) is 18.6 Å². The summed E-state index contributed by atoms with van der Waals surface area (Å²) in [7, 11) is 0. The summed E-state index contributed by atoms with van der Waals surface area (Å²) in [6.07, 6.45) is -4.52. The Morgan fingerprint density at radius 3 is 2.71 bits per heavy atom. The van der Waals surface area contributed by atoms with Crippen molar-refractivity contribution in [3.63, 3.8) is 0 Å². The van der Waals surface area contributed by atoms with Crippen LogP contribution in [-0.2, 0) is 6.54 Å². The fourth-order valence-corrected chi connectivity index (χ4v) is 2.52. The topological polar surface area (TPSA) is 32.7 Å². The molecule has 1 fully saturated rings. The number of rotatable bonds is 4. The van der Waals surface area contributed by atoms with Gasteiger partial charge < -0.3 is 9.84 Å².